The highest BCUT2D eigenvalue weighted by atomic mass is 16.5. The fourth-order valence-corrected chi connectivity index (χ4v) is 2.47. The van der Waals surface area contributed by atoms with Crippen LogP contribution in [-0.2, 0) is 13.0 Å². The van der Waals surface area contributed by atoms with Gasteiger partial charge in [-0.1, -0.05) is 30.3 Å². The standard InChI is InChI=1S/C16H16N2O2/c1-20-15-9-5-2-6-12(15)10-11-18-14-8-4-3-7-13(14)17-16(18)19/h2-9H,10-11H2,1H3,(H,17,19). The average molecular weight is 268 g/mol. The number of hydrogen-bond donors (Lipinski definition) is 1. The van der Waals surface area contributed by atoms with Crippen molar-refractivity contribution in [2.45, 2.75) is 13.0 Å². The summed E-state index contributed by atoms with van der Waals surface area (Å²) in [5.41, 5.74) is 2.85. The first-order valence-electron chi connectivity index (χ1n) is 6.59. The van der Waals surface area contributed by atoms with Crippen LogP contribution < -0.4 is 10.4 Å². The molecule has 0 saturated carbocycles. The SMILES string of the molecule is COc1ccccc1CCn1c(=O)[nH]c2ccccc21. The first-order valence-corrected chi connectivity index (χ1v) is 6.59. The van der Waals surface area contributed by atoms with Gasteiger partial charge in [-0.15, -0.1) is 0 Å². The number of rotatable bonds is 4. The number of nitrogens with one attached hydrogen (secondary N) is 1. The molecule has 3 aromatic rings. The molecule has 0 spiro atoms. The van der Waals surface area contributed by atoms with Crippen molar-refractivity contribution in [2.75, 3.05) is 7.11 Å². The van der Waals surface area contributed by atoms with Crippen LogP contribution in [0.25, 0.3) is 11.0 Å². The van der Waals surface area contributed by atoms with E-state index in [2.05, 4.69) is 4.98 Å². The number of hydrogen-bond acceptors (Lipinski definition) is 2. The number of aryl methyl sites for hydroxylation is 2. The molecule has 0 radical (unpaired) electrons. The lowest BCUT2D eigenvalue weighted by atomic mass is 10.1. The van der Waals surface area contributed by atoms with Gasteiger partial charge in [-0.25, -0.2) is 4.79 Å². The van der Waals surface area contributed by atoms with Gasteiger partial charge in [0.05, 0.1) is 18.1 Å². The molecule has 2 aromatic carbocycles. The molecule has 1 heterocycles. The Morgan fingerprint density at radius 1 is 1.10 bits per heavy atom. The van der Waals surface area contributed by atoms with Crippen LogP contribution in [0.15, 0.2) is 53.3 Å². The molecular weight excluding hydrogens is 252 g/mol. The van der Waals surface area contributed by atoms with E-state index >= 15 is 0 Å². The van der Waals surface area contributed by atoms with Crippen molar-refractivity contribution < 1.29 is 4.74 Å². The molecular formula is C16H16N2O2. The second-order valence-corrected chi connectivity index (χ2v) is 4.66. The summed E-state index contributed by atoms with van der Waals surface area (Å²) in [6.07, 6.45) is 0.756. The van der Waals surface area contributed by atoms with Crippen LogP contribution in [0, 0.1) is 0 Å². The summed E-state index contributed by atoms with van der Waals surface area (Å²) in [5, 5.41) is 0. The molecule has 0 amide bonds. The summed E-state index contributed by atoms with van der Waals surface area (Å²) in [7, 11) is 1.66. The minimum absolute atomic E-state index is 0.0684. The van der Waals surface area contributed by atoms with Gasteiger partial charge < -0.3 is 9.72 Å². The van der Waals surface area contributed by atoms with Crippen molar-refractivity contribution >= 4 is 11.0 Å². The highest BCUT2D eigenvalue weighted by Crippen LogP contribution is 2.19. The van der Waals surface area contributed by atoms with Crippen molar-refractivity contribution in [3.05, 3.63) is 64.6 Å². The Morgan fingerprint density at radius 3 is 2.70 bits per heavy atom. The fraction of sp³-hybridized carbons (Fsp3) is 0.188. The number of aromatic nitrogens is 2. The lowest BCUT2D eigenvalue weighted by molar-refractivity contribution is 0.408. The highest BCUT2D eigenvalue weighted by Gasteiger charge is 2.07. The summed E-state index contributed by atoms with van der Waals surface area (Å²) >= 11 is 0. The quantitative estimate of drug-likeness (QED) is 0.790. The highest BCUT2D eigenvalue weighted by molar-refractivity contribution is 5.74. The number of para-hydroxylation sites is 3. The van der Waals surface area contributed by atoms with Gasteiger partial charge in [0, 0.05) is 6.54 Å². The Hall–Kier alpha value is -2.49. The second kappa shape index (κ2) is 5.25. The zero-order chi connectivity index (χ0) is 13.9. The number of nitrogens with zero attached hydrogens (tertiary/aromatic N) is 1. The number of ether oxygens (including phenoxy) is 1. The molecule has 0 atom stereocenters. The van der Waals surface area contributed by atoms with E-state index in [9.17, 15) is 4.79 Å². The first-order chi connectivity index (χ1) is 9.79. The number of benzene rings is 2. The molecule has 20 heavy (non-hydrogen) atoms. The number of imidazole rings is 1. The second-order valence-electron chi connectivity index (χ2n) is 4.66. The monoisotopic (exact) mass is 268 g/mol. The normalized spacial score (nSPS) is 10.8. The molecule has 0 aliphatic heterocycles. The van der Waals surface area contributed by atoms with Gasteiger partial charge in [0.1, 0.15) is 5.75 Å². The van der Waals surface area contributed by atoms with Crippen LogP contribution in [0.3, 0.4) is 0 Å². The largest absolute Gasteiger partial charge is 0.496 e. The number of fused-ring (bicyclic) bond motifs is 1. The third kappa shape index (κ3) is 2.20. The number of H-pyrrole nitrogens is 1. The first kappa shape index (κ1) is 12.5. The maximum atomic E-state index is 12.0. The lowest BCUT2D eigenvalue weighted by Crippen LogP contribution is -2.18. The van der Waals surface area contributed by atoms with Gasteiger partial charge in [0.25, 0.3) is 0 Å². The lowest BCUT2D eigenvalue weighted by Gasteiger charge is -2.08. The van der Waals surface area contributed by atoms with Crippen LogP contribution >= 0.6 is 0 Å². The van der Waals surface area contributed by atoms with E-state index in [1.54, 1.807) is 11.7 Å². The molecule has 0 aliphatic carbocycles. The van der Waals surface area contributed by atoms with Crippen LogP contribution in [0.5, 0.6) is 5.75 Å². The minimum atomic E-state index is -0.0684. The van der Waals surface area contributed by atoms with E-state index in [1.165, 1.54) is 0 Å². The Bertz CT molecular complexity index is 786. The third-order valence-corrected chi connectivity index (χ3v) is 3.48. The van der Waals surface area contributed by atoms with Gasteiger partial charge in [0.15, 0.2) is 0 Å². The summed E-state index contributed by atoms with van der Waals surface area (Å²) in [6.45, 7) is 0.628. The van der Waals surface area contributed by atoms with E-state index < -0.39 is 0 Å². The Labute approximate surface area is 116 Å². The molecule has 0 unspecified atom stereocenters. The van der Waals surface area contributed by atoms with Crippen LogP contribution in [0.4, 0.5) is 0 Å². The summed E-state index contributed by atoms with van der Waals surface area (Å²) in [5.74, 6) is 0.861. The predicted octanol–water partition coefficient (Wildman–Crippen LogP) is 2.58. The smallest absolute Gasteiger partial charge is 0.326 e. The average Bonchev–Trinajstić information content (AvgIpc) is 2.81. The molecule has 1 aromatic heterocycles. The zero-order valence-corrected chi connectivity index (χ0v) is 11.3. The zero-order valence-electron chi connectivity index (χ0n) is 11.3. The van der Waals surface area contributed by atoms with E-state index in [0.29, 0.717) is 6.54 Å². The molecule has 3 rings (SSSR count). The van der Waals surface area contributed by atoms with Crippen molar-refractivity contribution in [1.82, 2.24) is 9.55 Å². The molecule has 4 heteroatoms. The maximum Gasteiger partial charge on any atom is 0.326 e. The molecule has 0 bridgehead atoms. The van der Waals surface area contributed by atoms with Crippen molar-refractivity contribution in [3.63, 3.8) is 0 Å². The molecule has 0 aliphatic rings. The summed E-state index contributed by atoms with van der Waals surface area (Å²) in [6, 6.07) is 15.6. The molecule has 102 valence electrons. The van der Waals surface area contributed by atoms with Gasteiger partial charge in [0.2, 0.25) is 0 Å². The molecule has 4 nitrogen and oxygen atoms in total. The topological polar surface area (TPSA) is 47.0 Å². The van der Waals surface area contributed by atoms with Crippen LogP contribution in [-0.4, -0.2) is 16.7 Å². The van der Waals surface area contributed by atoms with E-state index in [0.717, 1.165) is 28.8 Å². The molecule has 1 N–H and O–H groups in total. The molecule has 0 fully saturated rings. The van der Waals surface area contributed by atoms with Gasteiger partial charge in [-0.2, -0.15) is 0 Å². The van der Waals surface area contributed by atoms with E-state index in [-0.39, 0.29) is 5.69 Å². The van der Waals surface area contributed by atoms with Crippen molar-refractivity contribution in [3.8, 4) is 5.75 Å². The Morgan fingerprint density at radius 2 is 1.85 bits per heavy atom. The predicted molar refractivity (Wildman–Crippen MR) is 79.3 cm³/mol. The summed E-state index contributed by atoms with van der Waals surface area (Å²) < 4.78 is 7.10. The molecule has 0 saturated heterocycles. The van der Waals surface area contributed by atoms with E-state index in [4.69, 9.17) is 4.74 Å². The van der Waals surface area contributed by atoms with Gasteiger partial charge in [-0.05, 0) is 30.2 Å². The van der Waals surface area contributed by atoms with Crippen molar-refractivity contribution in [1.29, 1.82) is 0 Å². The summed E-state index contributed by atoms with van der Waals surface area (Å²) in [4.78, 5) is 14.9. The van der Waals surface area contributed by atoms with Crippen molar-refractivity contribution in [2.24, 2.45) is 0 Å². The van der Waals surface area contributed by atoms with E-state index in [1.807, 2.05) is 48.5 Å². The third-order valence-electron chi connectivity index (χ3n) is 3.48. The van der Waals surface area contributed by atoms with Crippen LogP contribution in [0.2, 0.25) is 0 Å². The van der Waals surface area contributed by atoms with Crippen LogP contribution in [0.1, 0.15) is 5.56 Å². The van der Waals surface area contributed by atoms with Gasteiger partial charge in [-0.3, -0.25) is 4.57 Å². The Balaban J connectivity index is 1.91. The minimum Gasteiger partial charge on any atom is -0.496 e. The maximum absolute atomic E-state index is 12.0. The Kier molecular flexibility index (Phi) is 3.29. The number of aromatic amines is 1. The van der Waals surface area contributed by atoms with Gasteiger partial charge >= 0.3 is 5.69 Å². The number of methoxy groups -OCH3 is 1. The fourth-order valence-electron chi connectivity index (χ4n) is 2.47.